The van der Waals surface area contributed by atoms with Crippen molar-refractivity contribution in [2.45, 2.75) is 26.7 Å². The van der Waals surface area contributed by atoms with Crippen molar-refractivity contribution in [3.8, 4) is 0 Å². The Morgan fingerprint density at radius 3 is 2.00 bits per heavy atom. The van der Waals surface area contributed by atoms with E-state index in [-0.39, 0.29) is 0 Å². The smallest absolute Gasteiger partial charge is 0.123 e. The molecule has 0 aromatic rings. The average molecular weight is 126 g/mol. The first-order chi connectivity index (χ1) is 4.43. The molecule has 0 aliphatic heterocycles. The Kier molecular flexibility index (Phi) is 5.18. The summed E-state index contributed by atoms with van der Waals surface area (Å²) in [6, 6.07) is 0. The molecule has 0 spiro atoms. The highest BCUT2D eigenvalue weighted by Gasteiger charge is 2.06. The van der Waals surface area contributed by atoms with Crippen LogP contribution in [0, 0.1) is 5.92 Å². The van der Waals surface area contributed by atoms with Crippen LogP contribution in [-0.4, -0.2) is 6.29 Å². The van der Waals surface area contributed by atoms with Gasteiger partial charge in [-0.3, -0.25) is 0 Å². The number of carbonyl (C=O) groups is 1. The highest BCUT2D eigenvalue weighted by Crippen LogP contribution is 2.13. The Labute approximate surface area is 56.8 Å². The van der Waals surface area contributed by atoms with Gasteiger partial charge in [0.2, 0.25) is 0 Å². The standard InChI is InChI=1S/C6H8O.C2H6/c7-5-6-3-1-2-4-6;1-2/h1-2,5-6H,3-4H2;1-2H3. The fraction of sp³-hybridized carbons (Fsp3) is 0.625. The highest BCUT2D eigenvalue weighted by molar-refractivity contribution is 5.55. The number of allylic oxidation sites excluding steroid dienone is 2. The summed E-state index contributed by atoms with van der Waals surface area (Å²) in [4.78, 5) is 9.97. The molecule has 0 heterocycles. The minimum Gasteiger partial charge on any atom is -0.303 e. The maximum absolute atomic E-state index is 9.97. The minimum absolute atomic E-state index is 0.306. The Hall–Kier alpha value is -0.590. The van der Waals surface area contributed by atoms with Crippen molar-refractivity contribution >= 4 is 6.29 Å². The molecule has 0 saturated carbocycles. The van der Waals surface area contributed by atoms with Crippen LogP contribution in [0.5, 0.6) is 0 Å². The van der Waals surface area contributed by atoms with Gasteiger partial charge in [0.15, 0.2) is 0 Å². The third kappa shape index (κ3) is 3.07. The van der Waals surface area contributed by atoms with Crippen LogP contribution in [0.3, 0.4) is 0 Å². The molecule has 0 bridgehead atoms. The normalized spacial score (nSPS) is 16.7. The molecule has 52 valence electrons. The summed E-state index contributed by atoms with van der Waals surface area (Å²) in [6.45, 7) is 4.00. The molecule has 0 amide bonds. The number of hydrogen-bond acceptors (Lipinski definition) is 1. The summed E-state index contributed by atoms with van der Waals surface area (Å²) >= 11 is 0. The van der Waals surface area contributed by atoms with Crippen molar-refractivity contribution in [2.75, 3.05) is 0 Å². The zero-order valence-electron chi connectivity index (χ0n) is 6.13. The van der Waals surface area contributed by atoms with Gasteiger partial charge in [0.25, 0.3) is 0 Å². The second kappa shape index (κ2) is 5.54. The molecule has 1 aliphatic rings. The van der Waals surface area contributed by atoms with E-state index in [9.17, 15) is 4.79 Å². The molecule has 1 rings (SSSR count). The molecule has 0 aromatic carbocycles. The van der Waals surface area contributed by atoms with Crippen molar-refractivity contribution in [3.63, 3.8) is 0 Å². The highest BCUT2D eigenvalue weighted by atomic mass is 16.1. The summed E-state index contributed by atoms with van der Waals surface area (Å²) in [5.74, 6) is 0.306. The number of carbonyl (C=O) groups excluding carboxylic acids is 1. The average Bonchev–Trinajstić information content (AvgIpc) is 2.43. The Bertz CT molecular complexity index is 86.7. The largest absolute Gasteiger partial charge is 0.303 e. The number of aldehydes is 1. The maximum atomic E-state index is 9.97. The van der Waals surface area contributed by atoms with Crippen LogP contribution in [0.2, 0.25) is 0 Å². The zero-order chi connectivity index (χ0) is 7.11. The monoisotopic (exact) mass is 126 g/mol. The van der Waals surface area contributed by atoms with Crippen LogP contribution >= 0.6 is 0 Å². The molecule has 0 saturated heterocycles. The van der Waals surface area contributed by atoms with E-state index >= 15 is 0 Å². The van der Waals surface area contributed by atoms with Gasteiger partial charge >= 0.3 is 0 Å². The van der Waals surface area contributed by atoms with Crippen molar-refractivity contribution in [1.82, 2.24) is 0 Å². The maximum Gasteiger partial charge on any atom is 0.123 e. The van der Waals surface area contributed by atoms with Crippen LogP contribution in [0.25, 0.3) is 0 Å². The molecule has 1 heteroatoms. The minimum atomic E-state index is 0.306. The first kappa shape index (κ1) is 8.41. The lowest BCUT2D eigenvalue weighted by Gasteiger charge is -1.91. The predicted octanol–water partition coefficient (Wildman–Crippen LogP) is 2.18. The van der Waals surface area contributed by atoms with E-state index in [0.717, 1.165) is 19.1 Å². The van der Waals surface area contributed by atoms with E-state index in [2.05, 4.69) is 12.2 Å². The second-order valence-electron chi connectivity index (χ2n) is 1.84. The summed E-state index contributed by atoms with van der Waals surface area (Å²) in [5, 5.41) is 0. The number of hydrogen-bond donors (Lipinski definition) is 0. The molecule has 1 nitrogen and oxygen atoms in total. The third-order valence-corrected chi connectivity index (χ3v) is 1.24. The SMILES string of the molecule is CC.O=CC1CC=CC1. The predicted molar refractivity (Wildman–Crippen MR) is 39.3 cm³/mol. The lowest BCUT2D eigenvalue weighted by atomic mass is 10.1. The van der Waals surface area contributed by atoms with Gasteiger partial charge in [0, 0.05) is 5.92 Å². The van der Waals surface area contributed by atoms with E-state index in [1.54, 1.807) is 0 Å². The van der Waals surface area contributed by atoms with E-state index in [1.165, 1.54) is 0 Å². The van der Waals surface area contributed by atoms with E-state index in [0.29, 0.717) is 5.92 Å². The van der Waals surface area contributed by atoms with Crippen LogP contribution in [0.1, 0.15) is 26.7 Å². The molecule has 0 fully saturated rings. The van der Waals surface area contributed by atoms with Gasteiger partial charge in [0.1, 0.15) is 6.29 Å². The molecular weight excluding hydrogens is 112 g/mol. The first-order valence-electron chi connectivity index (χ1n) is 3.54. The van der Waals surface area contributed by atoms with E-state index in [1.807, 2.05) is 13.8 Å². The van der Waals surface area contributed by atoms with Crippen molar-refractivity contribution in [1.29, 1.82) is 0 Å². The van der Waals surface area contributed by atoms with Crippen LogP contribution in [0.15, 0.2) is 12.2 Å². The Morgan fingerprint density at radius 1 is 1.33 bits per heavy atom. The van der Waals surface area contributed by atoms with Crippen molar-refractivity contribution in [2.24, 2.45) is 5.92 Å². The van der Waals surface area contributed by atoms with Gasteiger partial charge in [0.05, 0.1) is 0 Å². The van der Waals surface area contributed by atoms with Gasteiger partial charge in [-0.05, 0) is 12.8 Å². The van der Waals surface area contributed by atoms with E-state index in [4.69, 9.17) is 0 Å². The fourth-order valence-electron chi connectivity index (χ4n) is 0.749. The summed E-state index contributed by atoms with van der Waals surface area (Å²) < 4.78 is 0. The van der Waals surface area contributed by atoms with Crippen LogP contribution < -0.4 is 0 Å². The molecule has 0 atom stereocenters. The molecule has 9 heavy (non-hydrogen) atoms. The van der Waals surface area contributed by atoms with Gasteiger partial charge in [-0.25, -0.2) is 0 Å². The third-order valence-electron chi connectivity index (χ3n) is 1.24. The fourth-order valence-corrected chi connectivity index (χ4v) is 0.749. The van der Waals surface area contributed by atoms with Gasteiger partial charge in [-0.15, -0.1) is 0 Å². The topological polar surface area (TPSA) is 17.1 Å². The molecule has 0 aromatic heterocycles. The van der Waals surface area contributed by atoms with Gasteiger partial charge < -0.3 is 4.79 Å². The van der Waals surface area contributed by atoms with Crippen LogP contribution in [-0.2, 0) is 4.79 Å². The lowest BCUT2D eigenvalue weighted by Crippen LogP contribution is -1.91. The zero-order valence-corrected chi connectivity index (χ0v) is 6.13. The van der Waals surface area contributed by atoms with Crippen LogP contribution in [0.4, 0.5) is 0 Å². The summed E-state index contributed by atoms with van der Waals surface area (Å²) in [7, 11) is 0. The molecule has 0 N–H and O–H groups in total. The van der Waals surface area contributed by atoms with Gasteiger partial charge in [-0.2, -0.15) is 0 Å². The van der Waals surface area contributed by atoms with Gasteiger partial charge in [-0.1, -0.05) is 26.0 Å². The molecule has 1 aliphatic carbocycles. The summed E-state index contributed by atoms with van der Waals surface area (Å²) in [5.41, 5.74) is 0. The Morgan fingerprint density at radius 2 is 1.78 bits per heavy atom. The quantitative estimate of drug-likeness (QED) is 0.389. The van der Waals surface area contributed by atoms with E-state index < -0.39 is 0 Å². The lowest BCUT2D eigenvalue weighted by molar-refractivity contribution is -0.110. The first-order valence-corrected chi connectivity index (χ1v) is 3.54. The number of rotatable bonds is 1. The molecular formula is C8H14O. The molecule has 0 radical (unpaired) electrons. The van der Waals surface area contributed by atoms with Crippen molar-refractivity contribution in [3.05, 3.63) is 12.2 Å². The van der Waals surface area contributed by atoms with Crippen molar-refractivity contribution < 1.29 is 4.79 Å². The second-order valence-corrected chi connectivity index (χ2v) is 1.84. The summed E-state index contributed by atoms with van der Waals surface area (Å²) in [6.07, 6.45) is 7.06. The molecule has 0 unspecified atom stereocenters. The Balaban J connectivity index is 0.000000291.